The van der Waals surface area contributed by atoms with E-state index in [9.17, 15) is 13.2 Å². The fourth-order valence-electron chi connectivity index (χ4n) is 4.24. The molecule has 0 bridgehead atoms. The summed E-state index contributed by atoms with van der Waals surface area (Å²) < 4.78 is 36.7. The third kappa shape index (κ3) is 2.76. The lowest BCUT2D eigenvalue weighted by Gasteiger charge is -2.61. The van der Waals surface area contributed by atoms with Crippen LogP contribution >= 0.6 is 0 Å². The first-order valence-electron chi connectivity index (χ1n) is 7.73. The van der Waals surface area contributed by atoms with Crippen LogP contribution < -0.4 is 16.8 Å². The molecule has 1 atom stereocenters. The average Bonchev–Trinajstić information content (AvgIpc) is 2.32. The maximum Gasteiger partial charge on any atom is 0.405 e. The molecule has 4 nitrogen and oxygen atoms in total. The molecule has 2 fully saturated rings. The number of alkyl halides is 3. The zero-order valence-corrected chi connectivity index (χ0v) is 12.7. The molecular formula is C15H23F3N4. The molecule has 0 aromatic carbocycles. The minimum Gasteiger partial charge on any atom is -0.361 e. The Morgan fingerprint density at radius 2 is 1.95 bits per heavy atom. The van der Waals surface area contributed by atoms with E-state index in [0.717, 1.165) is 31.4 Å². The van der Waals surface area contributed by atoms with Crippen LogP contribution in [0.2, 0.25) is 0 Å². The Morgan fingerprint density at radius 1 is 1.32 bits per heavy atom. The number of nitrogens with zero attached hydrogens (tertiary/aromatic N) is 1. The summed E-state index contributed by atoms with van der Waals surface area (Å²) in [5.74, 6) is 0.625. The summed E-state index contributed by atoms with van der Waals surface area (Å²) in [5, 5.41) is 2.33. The first kappa shape index (κ1) is 15.8. The molecule has 3 rings (SSSR count). The second kappa shape index (κ2) is 4.96. The van der Waals surface area contributed by atoms with Gasteiger partial charge in [-0.25, -0.2) is 4.99 Å². The summed E-state index contributed by atoms with van der Waals surface area (Å²) >= 11 is 0. The summed E-state index contributed by atoms with van der Waals surface area (Å²) in [6, 6.07) is 0.328. The monoisotopic (exact) mass is 316 g/mol. The summed E-state index contributed by atoms with van der Waals surface area (Å²) in [7, 11) is 0. The van der Waals surface area contributed by atoms with Crippen LogP contribution in [0.1, 0.15) is 39.0 Å². The van der Waals surface area contributed by atoms with Gasteiger partial charge in [-0.15, -0.1) is 0 Å². The third-order valence-corrected chi connectivity index (χ3v) is 5.54. The normalized spacial score (nSPS) is 41.4. The topological polar surface area (TPSA) is 76.4 Å². The molecule has 2 aliphatic carbocycles. The van der Waals surface area contributed by atoms with Crippen LogP contribution in [-0.4, -0.2) is 30.0 Å². The number of nitrogens with one attached hydrogen (secondary N) is 1. The maximum absolute atomic E-state index is 12.2. The predicted octanol–water partition coefficient (Wildman–Crippen LogP) is 2.06. The summed E-state index contributed by atoms with van der Waals surface area (Å²) in [5.41, 5.74) is 13.0. The molecule has 1 unspecified atom stereocenters. The fourth-order valence-corrected chi connectivity index (χ4v) is 4.24. The molecular weight excluding hydrogens is 293 g/mol. The Labute approximate surface area is 128 Å². The van der Waals surface area contributed by atoms with Crippen molar-refractivity contribution in [3.8, 4) is 0 Å². The summed E-state index contributed by atoms with van der Waals surface area (Å²) in [6.45, 7) is 0.747. The van der Waals surface area contributed by atoms with Crippen LogP contribution in [0, 0.1) is 11.3 Å². The van der Waals surface area contributed by atoms with Crippen molar-refractivity contribution in [2.75, 3.05) is 6.54 Å². The van der Waals surface area contributed by atoms with Crippen LogP contribution in [0.15, 0.2) is 16.9 Å². The van der Waals surface area contributed by atoms with Gasteiger partial charge >= 0.3 is 6.18 Å². The second-order valence-corrected chi connectivity index (χ2v) is 7.27. The van der Waals surface area contributed by atoms with E-state index in [2.05, 4.69) is 10.3 Å². The quantitative estimate of drug-likeness (QED) is 0.746. The number of halogens is 3. The van der Waals surface area contributed by atoms with E-state index in [1.165, 1.54) is 0 Å². The fraction of sp³-hybridized carbons (Fsp3) is 0.800. The van der Waals surface area contributed by atoms with Crippen molar-refractivity contribution in [3.05, 3.63) is 11.9 Å². The van der Waals surface area contributed by atoms with E-state index in [1.54, 1.807) is 6.08 Å². The lowest BCUT2D eigenvalue weighted by Crippen LogP contribution is -2.64. The highest BCUT2D eigenvalue weighted by Gasteiger charge is 2.57. The van der Waals surface area contributed by atoms with Gasteiger partial charge in [0.2, 0.25) is 0 Å². The summed E-state index contributed by atoms with van der Waals surface area (Å²) in [4.78, 5) is 4.26. The molecule has 1 heterocycles. The van der Waals surface area contributed by atoms with Gasteiger partial charge in [-0.05, 0) is 56.4 Å². The first-order valence-corrected chi connectivity index (χ1v) is 7.73. The lowest BCUT2D eigenvalue weighted by molar-refractivity contribution is -0.123. The van der Waals surface area contributed by atoms with Gasteiger partial charge in [0.25, 0.3) is 0 Å². The maximum atomic E-state index is 12.2. The highest BCUT2D eigenvalue weighted by Crippen LogP contribution is 2.61. The van der Waals surface area contributed by atoms with Gasteiger partial charge in [0, 0.05) is 11.8 Å². The minimum atomic E-state index is -4.25. The molecule has 0 aromatic rings. The lowest BCUT2D eigenvalue weighted by atomic mass is 9.46. The van der Waals surface area contributed by atoms with Crippen molar-refractivity contribution in [1.82, 2.24) is 5.32 Å². The van der Waals surface area contributed by atoms with E-state index in [1.807, 2.05) is 6.92 Å². The van der Waals surface area contributed by atoms with Gasteiger partial charge in [0.15, 0.2) is 0 Å². The molecule has 3 aliphatic rings. The van der Waals surface area contributed by atoms with Crippen LogP contribution in [0.3, 0.4) is 0 Å². The molecule has 2 saturated carbocycles. The van der Waals surface area contributed by atoms with Crippen LogP contribution in [0.5, 0.6) is 0 Å². The Bertz CT molecular complexity index is 511. The number of hydrogen-bond acceptors (Lipinski definition) is 4. The molecule has 0 aromatic heterocycles. The Kier molecular flexibility index (Phi) is 3.56. The van der Waals surface area contributed by atoms with Crippen molar-refractivity contribution >= 4 is 5.71 Å². The Balaban J connectivity index is 1.59. The predicted molar refractivity (Wildman–Crippen MR) is 79.2 cm³/mol. The number of nitrogens with two attached hydrogens (primary N) is 2. The van der Waals surface area contributed by atoms with Crippen molar-refractivity contribution in [3.63, 3.8) is 0 Å². The van der Waals surface area contributed by atoms with E-state index in [4.69, 9.17) is 11.5 Å². The molecule has 1 aliphatic heterocycles. The molecule has 124 valence electrons. The van der Waals surface area contributed by atoms with Gasteiger partial charge in [-0.3, -0.25) is 0 Å². The largest absolute Gasteiger partial charge is 0.405 e. The molecule has 7 heteroatoms. The molecule has 22 heavy (non-hydrogen) atoms. The first-order chi connectivity index (χ1) is 10.1. The van der Waals surface area contributed by atoms with Crippen LogP contribution in [0.4, 0.5) is 13.2 Å². The van der Waals surface area contributed by atoms with Gasteiger partial charge in [0.1, 0.15) is 12.4 Å². The summed E-state index contributed by atoms with van der Waals surface area (Å²) in [6.07, 6.45) is 2.25. The standard InChI is InChI=1S/C15H23F3N4/c1-9-14(20,10-4-13(5-10)6-11(19)7-13)3-2-12(22-9)21-8-15(16,17)18/h2,10-11,21H,3-8,19-20H2,1H3. The van der Waals surface area contributed by atoms with Gasteiger partial charge < -0.3 is 16.8 Å². The zero-order valence-electron chi connectivity index (χ0n) is 12.7. The molecule has 0 saturated heterocycles. The smallest absolute Gasteiger partial charge is 0.361 e. The van der Waals surface area contributed by atoms with E-state index in [0.29, 0.717) is 23.8 Å². The van der Waals surface area contributed by atoms with Crippen LogP contribution in [0.25, 0.3) is 0 Å². The van der Waals surface area contributed by atoms with Gasteiger partial charge in [-0.2, -0.15) is 13.2 Å². The van der Waals surface area contributed by atoms with E-state index >= 15 is 0 Å². The molecule has 5 N–H and O–H groups in total. The highest BCUT2D eigenvalue weighted by atomic mass is 19.4. The zero-order chi connectivity index (χ0) is 16.2. The van der Waals surface area contributed by atoms with Crippen molar-refractivity contribution in [1.29, 1.82) is 0 Å². The molecule has 0 amide bonds. The van der Waals surface area contributed by atoms with Crippen molar-refractivity contribution in [2.45, 2.75) is 56.8 Å². The molecule has 0 radical (unpaired) electrons. The average molecular weight is 316 g/mol. The highest BCUT2D eigenvalue weighted by molar-refractivity contribution is 5.93. The number of hydrogen-bond donors (Lipinski definition) is 3. The van der Waals surface area contributed by atoms with E-state index in [-0.39, 0.29) is 5.82 Å². The number of rotatable bonds is 3. The van der Waals surface area contributed by atoms with Crippen LogP contribution in [-0.2, 0) is 0 Å². The SMILES string of the molecule is CC1=NC(NCC(F)(F)F)=CCC1(N)C1CC2(CC(N)C2)C1. The van der Waals surface area contributed by atoms with Crippen molar-refractivity contribution < 1.29 is 13.2 Å². The van der Waals surface area contributed by atoms with Crippen molar-refractivity contribution in [2.24, 2.45) is 27.8 Å². The number of aliphatic imine (C=N–C) groups is 1. The Hall–Kier alpha value is -1.08. The Morgan fingerprint density at radius 3 is 2.45 bits per heavy atom. The third-order valence-electron chi connectivity index (χ3n) is 5.54. The molecule has 1 spiro atoms. The van der Waals surface area contributed by atoms with E-state index < -0.39 is 18.3 Å². The minimum absolute atomic E-state index is 0.274. The second-order valence-electron chi connectivity index (χ2n) is 7.27. The van der Waals surface area contributed by atoms with Gasteiger partial charge in [-0.1, -0.05) is 0 Å². The van der Waals surface area contributed by atoms with Gasteiger partial charge in [0.05, 0.1) is 5.54 Å².